The highest BCUT2D eigenvalue weighted by atomic mass is 79.9. The predicted molar refractivity (Wildman–Crippen MR) is 77.4 cm³/mol. The third-order valence-corrected chi connectivity index (χ3v) is 5.87. The molecular formula is C13H18BrNO2S. The van der Waals surface area contributed by atoms with Gasteiger partial charge in [-0.1, -0.05) is 28.1 Å². The Morgan fingerprint density at radius 2 is 1.94 bits per heavy atom. The zero-order valence-corrected chi connectivity index (χ0v) is 13.0. The molecule has 0 spiro atoms. The fourth-order valence-electron chi connectivity index (χ4n) is 2.48. The van der Waals surface area contributed by atoms with E-state index in [-0.39, 0.29) is 17.3 Å². The number of halogens is 1. The van der Waals surface area contributed by atoms with E-state index >= 15 is 0 Å². The van der Waals surface area contributed by atoms with Crippen LogP contribution in [0.15, 0.2) is 28.7 Å². The number of nitrogens with one attached hydrogen (secondary N) is 1. The van der Waals surface area contributed by atoms with E-state index in [4.69, 9.17) is 0 Å². The fraction of sp³-hybridized carbons (Fsp3) is 0.538. The molecule has 0 amide bonds. The van der Waals surface area contributed by atoms with Crippen molar-refractivity contribution in [2.75, 3.05) is 11.5 Å². The Morgan fingerprint density at radius 3 is 2.44 bits per heavy atom. The molecule has 5 heteroatoms. The third-order valence-electron chi connectivity index (χ3n) is 3.44. The quantitative estimate of drug-likeness (QED) is 0.926. The Hall–Kier alpha value is -0.390. The molecular weight excluding hydrogens is 314 g/mol. The van der Waals surface area contributed by atoms with Gasteiger partial charge in [-0.05, 0) is 38.0 Å². The molecule has 0 aliphatic carbocycles. The van der Waals surface area contributed by atoms with Crippen LogP contribution in [0.4, 0.5) is 0 Å². The van der Waals surface area contributed by atoms with Crippen molar-refractivity contribution in [3.05, 3.63) is 34.3 Å². The average Bonchev–Trinajstić information content (AvgIpc) is 2.53. The van der Waals surface area contributed by atoms with Gasteiger partial charge in [0.05, 0.1) is 11.5 Å². The molecule has 1 saturated heterocycles. The summed E-state index contributed by atoms with van der Waals surface area (Å²) in [5.74, 6) is 0.532. The van der Waals surface area contributed by atoms with E-state index < -0.39 is 9.84 Å². The van der Waals surface area contributed by atoms with Crippen LogP contribution in [0.2, 0.25) is 0 Å². The summed E-state index contributed by atoms with van der Waals surface area (Å²) in [6, 6.07) is 8.25. The Balaban J connectivity index is 2.08. The summed E-state index contributed by atoms with van der Waals surface area (Å²) in [5, 5.41) is 3.45. The lowest BCUT2D eigenvalue weighted by Crippen LogP contribution is -2.44. The molecule has 18 heavy (non-hydrogen) atoms. The van der Waals surface area contributed by atoms with Crippen molar-refractivity contribution in [3.63, 3.8) is 0 Å². The van der Waals surface area contributed by atoms with Crippen LogP contribution in [0, 0.1) is 0 Å². The molecule has 1 N–H and O–H groups in total. The van der Waals surface area contributed by atoms with Crippen molar-refractivity contribution in [1.29, 1.82) is 0 Å². The van der Waals surface area contributed by atoms with Crippen LogP contribution in [0.5, 0.6) is 0 Å². The third kappa shape index (κ3) is 3.33. The highest BCUT2D eigenvalue weighted by molar-refractivity contribution is 9.10. The summed E-state index contributed by atoms with van der Waals surface area (Å²) < 4.78 is 24.2. The molecule has 1 aliphatic rings. The van der Waals surface area contributed by atoms with Gasteiger partial charge in [0.2, 0.25) is 0 Å². The summed E-state index contributed by atoms with van der Waals surface area (Å²) in [4.78, 5) is 0. The van der Waals surface area contributed by atoms with E-state index in [0.717, 1.165) is 4.47 Å². The van der Waals surface area contributed by atoms with E-state index in [1.54, 1.807) is 0 Å². The van der Waals surface area contributed by atoms with Gasteiger partial charge in [0, 0.05) is 16.1 Å². The Labute approximate surface area is 117 Å². The maximum absolute atomic E-state index is 11.6. The first kappa shape index (κ1) is 14.0. The summed E-state index contributed by atoms with van der Waals surface area (Å²) in [6.45, 7) is 4.06. The molecule has 1 aliphatic heterocycles. The highest BCUT2D eigenvalue weighted by Crippen LogP contribution is 2.27. The molecule has 2 rings (SSSR count). The molecule has 100 valence electrons. The molecule has 1 heterocycles. The van der Waals surface area contributed by atoms with Crippen LogP contribution in [0.25, 0.3) is 0 Å². The Bertz CT molecular complexity index is 526. The minimum absolute atomic E-state index is 0.149. The van der Waals surface area contributed by atoms with E-state index in [1.807, 2.05) is 19.1 Å². The SMILES string of the molecule is CC(NC1(C)CCS(=O)(=O)C1)c1ccc(Br)cc1. The summed E-state index contributed by atoms with van der Waals surface area (Å²) in [5.41, 5.74) is 0.870. The minimum atomic E-state index is -2.86. The lowest BCUT2D eigenvalue weighted by molar-refractivity contribution is 0.355. The molecule has 0 bridgehead atoms. The van der Waals surface area contributed by atoms with Gasteiger partial charge in [0.1, 0.15) is 0 Å². The van der Waals surface area contributed by atoms with Crippen molar-refractivity contribution in [3.8, 4) is 0 Å². The first-order valence-electron chi connectivity index (χ1n) is 6.03. The zero-order valence-electron chi connectivity index (χ0n) is 10.6. The van der Waals surface area contributed by atoms with Crippen molar-refractivity contribution in [2.24, 2.45) is 0 Å². The first-order chi connectivity index (χ1) is 8.30. The van der Waals surface area contributed by atoms with Crippen molar-refractivity contribution in [1.82, 2.24) is 5.32 Å². The second kappa shape index (κ2) is 4.94. The molecule has 0 radical (unpaired) electrons. The number of hydrogen-bond donors (Lipinski definition) is 1. The van der Waals surface area contributed by atoms with Crippen molar-refractivity contribution < 1.29 is 8.42 Å². The first-order valence-corrected chi connectivity index (χ1v) is 8.65. The van der Waals surface area contributed by atoms with Crippen LogP contribution in [0.1, 0.15) is 31.9 Å². The summed E-state index contributed by atoms with van der Waals surface area (Å²) in [7, 11) is -2.86. The zero-order chi connectivity index (χ0) is 13.4. The van der Waals surface area contributed by atoms with E-state index in [1.165, 1.54) is 5.56 Å². The number of rotatable bonds is 3. The number of benzene rings is 1. The van der Waals surface area contributed by atoms with Crippen LogP contribution < -0.4 is 5.32 Å². The number of sulfone groups is 1. The normalized spacial score (nSPS) is 28.2. The maximum Gasteiger partial charge on any atom is 0.152 e. The molecule has 2 unspecified atom stereocenters. The van der Waals surface area contributed by atoms with Crippen LogP contribution in [-0.4, -0.2) is 25.5 Å². The van der Waals surface area contributed by atoms with E-state index in [0.29, 0.717) is 12.2 Å². The molecule has 2 atom stereocenters. The van der Waals surface area contributed by atoms with Gasteiger partial charge in [-0.15, -0.1) is 0 Å². The molecule has 1 aromatic rings. The monoisotopic (exact) mass is 331 g/mol. The second-order valence-corrected chi connectivity index (χ2v) is 8.42. The molecule has 0 aromatic heterocycles. The van der Waals surface area contributed by atoms with E-state index in [2.05, 4.69) is 40.3 Å². The Kier molecular flexibility index (Phi) is 3.85. The smallest absolute Gasteiger partial charge is 0.152 e. The molecule has 1 aromatic carbocycles. The maximum atomic E-state index is 11.6. The van der Waals surface area contributed by atoms with Crippen molar-refractivity contribution in [2.45, 2.75) is 31.8 Å². The van der Waals surface area contributed by atoms with Crippen LogP contribution >= 0.6 is 15.9 Å². The Morgan fingerprint density at radius 1 is 1.33 bits per heavy atom. The van der Waals surface area contributed by atoms with Crippen LogP contribution in [0.3, 0.4) is 0 Å². The van der Waals surface area contributed by atoms with Gasteiger partial charge in [0.25, 0.3) is 0 Å². The molecule has 0 saturated carbocycles. The van der Waals surface area contributed by atoms with Crippen LogP contribution in [-0.2, 0) is 9.84 Å². The highest BCUT2D eigenvalue weighted by Gasteiger charge is 2.38. The van der Waals surface area contributed by atoms with Gasteiger partial charge < -0.3 is 5.32 Å². The molecule has 1 fully saturated rings. The largest absolute Gasteiger partial charge is 0.304 e. The van der Waals surface area contributed by atoms with Crippen molar-refractivity contribution >= 4 is 25.8 Å². The van der Waals surface area contributed by atoms with Gasteiger partial charge in [-0.25, -0.2) is 8.42 Å². The summed E-state index contributed by atoms with van der Waals surface area (Å²) in [6.07, 6.45) is 0.691. The lowest BCUT2D eigenvalue weighted by Gasteiger charge is -2.29. The van der Waals surface area contributed by atoms with Gasteiger partial charge >= 0.3 is 0 Å². The number of hydrogen-bond acceptors (Lipinski definition) is 3. The predicted octanol–water partition coefficient (Wildman–Crippen LogP) is 2.68. The lowest BCUT2D eigenvalue weighted by atomic mass is 9.98. The van der Waals surface area contributed by atoms with E-state index in [9.17, 15) is 8.42 Å². The average molecular weight is 332 g/mol. The fourth-order valence-corrected chi connectivity index (χ4v) is 4.85. The standard InChI is InChI=1S/C13H18BrNO2S/c1-10(11-3-5-12(14)6-4-11)15-13(2)7-8-18(16,17)9-13/h3-6,10,15H,7-9H2,1-2H3. The topological polar surface area (TPSA) is 46.2 Å². The van der Waals surface area contributed by atoms with Gasteiger partial charge in [-0.3, -0.25) is 0 Å². The molecule has 3 nitrogen and oxygen atoms in total. The summed E-state index contributed by atoms with van der Waals surface area (Å²) >= 11 is 3.41. The minimum Gasteiger partial charge on any atom is -0.304 e. The van der Waals surface area contributed by atoms with Gasteiger partial charge in [-0.2, -0.15) is 0 Å². The second-order valence-electron chi connectivity index (χ2n) is 5.32. The van der Waals surface area contributed by atoms with Gasteiger partial charge in [0.15, 0.2) is 9.84 Å².